The van der Waals surface area contributed by atoms with Crippen LogP contribution in [0, 0.1) is 5.82 Å². The molecule has 0 bridgehead atoms. The molecule has 126 valence electrons. The highest BCUT2D eigenvalue weighted by Crippen LogP contribution is 2.11. The number of pyridine rings is 1. The van der Waals surface area contributed by atoms with Gasteiger partial charge in [0.25, 0.3) is 11.8 Å². The molecule has 7 heteroatoms. The quantitative estimate of drug-likeness (QED) is 0.846. The van der Waals surface area contributed by atoms with Crippen molar-refractivity contribution in [2.75, 3.05) is 32.5 Å². The van der Waals surface area contributed by atoms with Gasteiger partial charge in [-0.05, 0) is 38.4 Å². The number of anilines is 1. The SMILES string of the molecule is CN(C)CCNC(=O)c1cncc(C(=O)Nc2cccc(F)c2)c1. The molecular formula is C17H19FN4O2. The molecular weight excluding hydrogens is 311 g/mol. The van der Waals surface area contributed by atoms with Crippen LogP contribution in [-0.2, 0) is 0 Å². The van der Waals surface area contributed by atoms with Gasteiger partial charge in [0.15, 0.2) is 0 Å². The number of hydrogen-bond donors (Lipinski definition) is 2. The van der Waals surface area contributed by atoms with Crippen LogP contribution in [0.25, 0.3) is 0 Å². The molecule has 1 aromatic carbocycles. The Kier molecular flexibility index (Phi) is 5.97. The summed E-state index contributed by atoms with van der Waals surface area (Å²) >= 11 is 0. The summed E-state index contributed by atoms with van der Waals surface area (Å²) < 4.78 is 13.1. The predicted molar refractivity (Wildman–Crippen MR) is 89.5 cm³/mol. The van der Waals surface area contributed by atoms with E-state index in [4.69, 9.17) is 0 Å². The summed E-state index contributed by atoms with van der Waals surface area (Å²) in [4.78, 5) is 30.1. The first-order valence-corrected chi connectivity index (χ1v) is 7.40. The molecule has 6 nitrogen and oxygen atoms in total. The van der Waals surface area contributed by atoms with E-state index in [0.29, 0.717) is 24.3 Å². The van der Waals surface area contributed by atoms with Crippen molar-refractivity contribution < 1.29 is 14.0 Å². The molecule has 0 spiro atoms. The molecule has 0 aliphatic carbocycles. The van der Waals surface area contributed by atoms with Crippen molar-refractivity contribution >= 4 is 17.5 Å². The second kappa shape index (κ2) is 8.16. The molecule has 2 amide bonds. The molecule has 0 saturated heterocycles. The van der Waals surface area contributed by atoms with Crippen molar-refractivity contribution in [3.05, 3.63) is 59.7 Å². The number of aromatic nitrogens is 1. The minimum Gasteiger partial charge on any atom is -0.351 e. The second-order valence-corrected chi connectivity index (χ2v) is 5.49. The fourth-order valence-corrected chi connectivity index (χ4v) is 1.95. The summed E-state index contributed by atoms with van der Waals surface area (Å²) in [6.45, 7) is 1.20. The first-order valence-electron chi connectivity index (χ1n) is 7.40. The van der Waals surface area contributed by atoms with Crippen molar-refractivity contribution in [2.45, 2.75) is 0 Å². The van der Waals surface area contributed by atoms with E-state index in [1.165, 1.54) is 36.7 Å². The number of halogens is 1. The first kappa shape index (κ1) is 17.6. The van der Waals surface area contributed by atoms with Crippen molar-refractivity contribution in [1.82, 2.24) is 15.2 Å². The Balaban J connectivity index is 2.03. The third kappa shape index (κ3) is 5.13. The van der Waals surface area contributed by atoms with Gasteiger partial charge in [-0.2, -0.15) is 0 Å². The maximum absolute atomic E-state index is 13.1. The van der Waals surface area contributed by atoms with Gasteiger partial charge in [-0.25, -0.2) is 4.39 Å². The Morgan fingerprint density at radius 1 is 1.12 bits per heavy atom. The zero-order valence-corrected chi connectivity index (χ0v) is 13.5. The molecule has 24 heavy (non-hydrogen) atoms. The van der Waals surface area contributed by atoms with Crippen LogP contribution in [0.2, 0.25) is 0 Å². The summed E-state index contributed by atoms with van der Waals surface area (Å²) in [5.74, 6) is -1.21. The summed E-state index contributed by atoms with van der Waals surface area (Å²) in [7, 11) is 3.82. The molecule has 0 fully saturated rings. The van der Waals surface area contributed by atoms with Gasteiger partial charge in [-0.3, -0.25) is 14.6 Å². The van der Waals surface area contributed by atoms with Gasteiger partial charge in [-0.1, -0.05) is 6.07 Å². The van der Waals surface area contributed by atoms with Gasteiger partial charge in [-0.15, -0.1) is 0 Å². The van der Waals surface area contributed by atoms with E-state index in [9.17, 15) is 14.0 Å². The Hall–Kier alpha value is -2.80. The smallest absolute Gasteiger partial charge is 0.257 e. The molecule has 0 atom stereocenters. The maximum Gasteiger partial charge on any atom is 0.257 e. The van der Waals surface area contributed by atoms with Crippen LogP contribution < -0.4 is 10.6 Å². The maximum atomic E-state index is 13.1. The van der Waals surface area contributed by atoms with Crippen molar-refractivity contribution in [3.63, 3.8) is 0 Å². The van der Waals surface area contributed by atoms with Gasteiger partial charge in [0, 0.05) is 31.2 Å². The Morgan fingerprint density at radius 2 is 1.83 bits per heavy atom. The van der Waals surface area contributed by atoms with Gasteiger partial charge in [0.2, 0.25) is 0 Å². The van der Waals surface area contributed by atoms with Crippen molar-refractivity contribution in [2.24, 2.45) is 0 Å². The average Bonchev–Trinajstić information content (AvgIpc) is 2.54. The molecule has 1 heterocycles. The fraction of sp³-hybridized carbons (Fsp3) is 0.235. The molecule has 0 aliphatic heterocycles. The largest absolute Gasteiger partial charge is 0.351 e. The highest BCUT2D eigenvalue weighted by Gasteiger charge is 2.11. The first-order chi connectivity index (χ1) is 11.5. The monoisotopic (exact) mass is 330 g/mol. The minimum absolute atomic E-state index is 0.222. The number of benzene rings is 1. The molecule has 2 rings (SSSR count). The topological polar surface area (TPSA) is 74.3 Å². The summed E-state index contributed by atoms with van der Waals surface area (Å²) in [5.41, 5.74) is 0.848. The van der Waals surface area contributed by atoms with Crippen LogP contribution in [0.4, 0.5) is 10.1 Å². The Bertz CT molecular complexity index is 734. The summed E-state index contributed by atoms with van der Waals surface area (Å²) in [5, 5.41) is 5.32. The van der Waals surface area contributed by atoms with Crippen molar-refractivity contribution in [3.8, 4) is 0 Å². The molecule has 2 aromatic rings. The van der Waals surface area contributed by atoms with Crippen LogP contribution in [0.3, 0.4) is 0 Å². The van der Waals surface area contributed by atoms with Crippen LogP contribution >= 0.6 is 0 Å². The van der Waals surface area contributed by atoms with Crippen molar-refractivity contribution in [1.29, 1.82) is 0 Å². The van der Waals surface area contributed by atoms with Crippen LogP contribution in [-0.4, -0.2) is 48.9 Å². The standard InChI is InChI=1S/C17H19FN4O2/c1-22(2)7-6-20-16(23)12-8-13(11-19-10-12)17(24)21-15-5-3-4-14(18)9-15/h3-5,8-11H,6-7H2,1-2H3,(H,20,23)(H,21,24). The lowest BCUT2D eigenvalue weighted by Crippen LogP contribution is -2.31. The Labute approximate surface area is 139 Å². The lowest BCUT2D eigenvalue weighted by atomic mass is 10.2. The van der Waals surface area contributed by atoms with E-state index in [0.717, 1.165) is 0 Å². The minimum atomic E-state index is -0.462. The summed E-state index contributed by atoms with van der Waals surface area (Å²) in [6, 6.07) is 7.02. The molecule has 2 N–H and O–H groups in total. The van der Waals surface area contributed by atoms with E-state index >= 15 is 0 Å². The molecule has 0 saturated carbocycles. The number of nitrogens with one attached hydrogen (secondary N) is 2. The zero-order chi connectivity index (χ0) is 17.5. The van der Waals surface area contributed by atoms with E-state index in [-0.39, 0.29) is 11.5 Å². The van der Waals surface area contributed by atoms with E-state index in [1.807, 2.05) is 19.0 Å². The van der Waals surface area contributed by atoms with Crippen LogP contribution in [0.1, 0.15) is 20.7 Å². The van der Waals surface area contributed by atoms with Gasteiger partial charge < -0.3 is 15.5 Å². The van der Waals surface area contributed by atoms with E-state index < -0.39 is 11.7 Å². The number of nitrogens with zero attached hydrogens (tertiary/aromatic N) is 2. The number of hydrogen-bond acceptors (Lipinski definition) is 4. The Morgan fingerprint density at radius 3 is 2.50 bits per heavy atom. The van der Waals surface area contributed by atoms with Gasteiger partial charge in [0.05, 0.1) is 11.1 Å². The third-order valence-corrected chi connectivity index (χ3v) is 3.19. The highest BCUT2D eigenvalue weighted by atomic mass is 19.1. The third-order valence-electron chi connectivity index (χ3n) is 3.19. The fourth-order valence-electron chi connectivity index (χ4n) is 1.95. The van der Waals surface area contributed by atoms with Gasteiger partial charge in [0.1, 0.15) is 5.82 Å². The number of carbonyl (C=O) groups is 2. The molecule has 1 aromatic heterocycles. The lowest BCUT2D eigenvalue weighted by molar-refractivity contribution is 0.0950. The normalized spacial score (nSPS) is 10.5. The molecule has 0 radical (unpaired) electrons. The average molecular weight is 330 g/mol. The summed E-state index contributed by atoms with van der Waals surface area (Å²) in [6.07, 6.45) is 2.75. The van der Waals surface area contributed by atoms with Gasteiger partial charge >= 0.3 is 0 Å². The number of carbonyl (C=O) groups excluding carboxylic acids is 2. The lowest BCUT2D eigenvalue weighted by Gasteiger charge is -2.10. The van der Waals surface area contributed by atoms with Crippen LogP contribution in [0.5, 0.6) is 0 Å². The molecule has 0 aliphatic rings. The van der Waals surface area contributed by atoms with E-state index in [1.54, 1.807) is 6.07 Å². The number of rotatable bonds is 6. The van der Waals surface area contributed by atoms with E-state index in [2.05, 4.69) is 15.6 Å². The van der Waals surface area contributed by atoms with Crippen LogP contribution in [0.15, 0.2) is 42.7 Å². The highest BCUT2D eigenvalue weighted by molar-refractivity contribution is 6.05. The number of amides is 2. The molecule has 0 unspecified atom stereocenters. The second-order valence-electron chi connectivity index (χ2n) is 5.49. The predicted octanol–water partition coefficient (Wildman–Crippen LogP) is 1.76. The zero-order valence-electron chi connectivity index (χ0n) is 13.5. The number of likely N-dealkylation sites (N-methyl/N-ethyl adjacent to an activating group) is 1.